The number of nitrogens with zero attached hydrogens (tertiary/aromatic N) is 1. The largest absolute Gasteiger partial charge is 0.489 e. The number of aliphatic carboxylic acids is 1. The summed E-state index contributed by atoms with van der Waals surface area (Å²) >= 11 is 6.15. The molecule has 0 saturated heterocycles. The van der Waals surface area contributed by atoms with Gasteiger partial charge in [0.1, 0.15) is 18.2 Å². The molecular weight excluding hydrogens is 574 g/mol. The highest BCUT2D eigenvalue weighted by atomic mass is 35.5. The van der Waals surface area contributed by atoms with E-state index in [0.29, 0.717) is 11.1 Å². The minimum atomic E-state index is -4.69. The maximum Gasteiger partial charge on any atom is 0.416 e. The van der Waals surface area contributed by atoms with Crippen LogP contribution < -0.4 is 9.04 Å². The predicted octanol–water partition coefficient (Wildman–Crippen LogP) is 7.44. The molecule has 1 N–H and O–H groups in total. The van der Waals surface area contributed by atoms with E-state index in [4.69, 9.17) is 21.4 Å². The lowest BCUT2D eigenvalue weighted by atomic mass is 10.0. The summed E-state index contributed by atoms with van der Waals surface area (Å²) < 4.78 is 88.2. The van der Waals surface area contributed by atoms with Gasteiger partial charge >= 0.3 is 12.1 Å². The number of ether oxygens (including phenoxy) is 1. The van der Waals surface area contributed by atoms with Gasteiger partial charge in [0, 0.05) is 12.0 Å². The molecular formula is C28H26ClF4NO5S. The number of fused-ring (bicyclic) bond motifs is 1. The van der Waals surface area contributed by atoms with Crippen molar-refractivity contribution in [1.29, 1.82) is 0 Å². The fourth-order valence-corrected chi connectivity index (χ4v) is 6.08. The molecule has 214 valence electrons. The number of anilines is 1. The van der Waals surface area contributed by atoms with Crippen molar-refractivity contribution in [2.75, 3.05) is 17.5 Å². The maximum atomic E-state index is 14.3. The molecule has 0 aromatic heterocycles. The van der Waals surface area contributed by atoms with E-state index in [9.17, 15) is 30.8 Å². The molecule has 0 bridgehead atoms. The van der Waals surface area contributed by atoms with Crippen LogP contribution in [-0.2, 0) is 21.0 Å². The first-order valence-electron chi connectivity index (χ1n) is 12.0. The summed E-state index contributed by atoms with van der Waals surface area (Å²) in [6, 6.07) is 12.2. The van der Waals surface area contributed by atoms with Gasteiger partial charge in [0.25, 0.3) is 10.0 Å². The highest BCUT2D eigenvalue weighted by Gasteiger charge is 2.37. The molecule has 6 nitrogen and oxygen atoms in total. The number of rotatable bonds is 5. The van der Waals surface area contributed by atoms with Gasteiger partial charge in [-0.1, -0.05) is 42.8 Å². The molecule has 1 aliphatic heterocycles. The molecule has 4 rings (SSSR count). The highest BCUT2D eigenvalue weighted by Crippen LogP contribution is 2.40. The fraction of sp³-hybridized carbons (Fsp3) is 0.250. The molecule has 1 heterocycles. The second kappa shape index (κ2) is 12.3. The molecule has 0 unspecified atom stereocenters. The Kier molecular flexibility index (Phi) is 9.52. The van der Waals surface area contributed by atoms with Gasteiger partial charge in [-0.05, 0) is 66.9 Å². The zero-order valence-corrected chi connectivity index (χ0v) is 23.3. The van der Waals surface area contributed by atoms with Crippen LogP contribution >= 0.6 is 11.6 Å². The number of alkyl halides is 3. The first-order chi connectivity index (χ1) is 18.7. The van der Waals surface area contributed by atoms with Crippen molar-refractivity contribution >= 4 is 44.9 Å². The lowest BCUT2D eigenvalue weighted by Gasteiger charge is -2.31. The lowest BCUT2D eigenvalue weighted by molar-refractivity contribution is -0.138. The molecule has 0 atom stereocenters. The van der Waals surface area contributed by atoms with Crippen LogP contribution in [0.2, 0.25) is 5.02 Å². The van der Waals surface area contributed by atoms with Crippen molar-refractivity contribution < 1.29 is 40.6 Å². The summed E-state index contributed by atoms with van der Waals surface area (Å²) in [7, 11) is -4.35. The molecule has 3 aromatic rings. The van der Waals surface area contributed by atoms with E-state index < -0.39 is 38.4 Å². The van der Waals surface area contributed by atoms with Crippen LogP contribution in [0.15, 0.2) is 59.5 Å². The molecule has 12 heteroatoms. The van der Waals surface area contributed by atoms with Crippen LogP contribution in [0.4, 0.5) is 23.2 Å². The predicted molar refractivity (Wildman–Crippen MR) is 146 cm³/mol. The van der Waals surface area contributed by atoms with Crippen molar-refractivity contribution in [2.45, 2.75) is 38.3 Å². The van der Waals surface area contributed by atoms with E-state index in [2.05, 4.69) is 0 Å². The van der Waals surface area contributed by atoms with Gasteiger partial charge in [0.15, 0.2) is 0 Å². The molecule has 0 spiro atoms. The molecule has 0 radical (unpaired) electrons. The number of halogens is 5. The van der Waals surface area contributed by atoms with Gasteiger partial charge in [-0.15, -0.1) is 0 Å². The van der Waals surface area contributed by atoms with Gasteiger partial charge < -0.3 is 9.84 Å². The highest BCUT2D eigenvalue weighted by molar-refractivity contribution is 7.92. The molecule has 3 aromatic carbocycles. The lowest BCUT2D eigenvalue weighted by Crippen LogP contribution is -2.38. The topological polar surface area (TPSA) is 83.9 Å². The third-order valence-corrected chi connectivity index (χ3v) is 8.28. The van der Waals surface area contributed by atoms with E-state index in [1.54, 1.807) is 38.1 Å². The Morgan fingerprint density at radius 2 is 1.80 bits per heavy atom. The minimum Gasteiger partial charge on any atom is -0.489 e. The average molecular weight is 600 g/mol. The number of sulfonamides is 1. The third kappa shape index (κ3) is 6.76. The fourth-order valence-electron chi connectivity index (χ4n) is 4.07. The van der Waals surface area contributed by atoms with Crippen molar-refractivity contribution in [3.8, 4) is 5.75 Å². The molecule has 0 fully saturated rings. The average Bonchev–Trinajstić information content (AvgIpc) is 2.87. The number of hydrogen-bond acceptors (Lipinski definition) is 4. The first-order valence-corrected chi connectivity index (χ1v) is 13.8. The standard InChI is InChI=1S/C25H20ClF4NO3S.C3H6O2/c1-15(24-19(26)6-4-7-20(24)27)13-17-9-10-22-21(14-17)31(11-12-34-22)35(32,33)23-8-3-5-18(16(23)2)25(28,29)30;1-2-3(4)5/h3-10,13-14H,11-12H2,1-2H3;2H2,1H3,(H,4,5)/b15-13+;. The van der Waals surface area contributed by atoms with E-state index >= 15 is 0 Å². The summed E-state index contributed by atoms with van der Waals surface area (Å²) in [5.74, 6) is -0.982. The Bertz CT molecular complexity index is 1530. The summed E-state index contributed by atoms with van der Waals surface area (Å²) in [4.78, 5) is 8.93. The number of allylic oxidation sites excluding steroid dienone is 1. The zero-order chi connectivity index (χ0) is 29.8. The van der Waals surface area contributed by atoms with E-state index in [0.717, 1.165) is 29.4 Å². The molecule has 0 saturated carbocycles. The first kappa shape index (κ1) is 31.0. The maximum absolute atomic E-state index is 14.3. The number of benzene rings is 3. The third-order valence-electron chi connectivity index (χ3n) is 6.00. The van der Waals surface area contributed by atoms with E-state index in [1.807, 2.05) is 0 Å². The van der Waals surface area contributed by atoms with Gasteiger partial charge in [-0.2, -0.15) is 13.2 Å². The SMILES string of the molecule is C/C(=C\c1ccc2c(c1)N(S(=O)(=O)c1cccc(C(F)(F)F)c1C)CCO2)c1c(F)cccc1Cl.CCC(=O)O. The Morgan fingerprint density at radius 1 is 1.15 bits per heavy atom. The summed E-state index contributed by atoms with van der Waals surface area (Å²) in [6.45, 7) is 4.35. The van der Waals surface area contributed by atoms with Gasteiger partial charge in [0.05, 0.1) is 27.7 Å². The van der Waals surface area contributed by atoms with Crippen LogP contribution in [0.1, 0.15) is 42.5 Å². The van der Waals surface area contributed by atoms with Crippen molar-refractivity contribution in [3.05, 3.63) is 87.7 Å². The van der Waals surface area contributed by atoms with Crippen LogP contribution in [0.5, 0.6) is 5.75 Å². The van der Waals surface area contributed by atoms with E-state index in [1.165, 1.54) is 18.2 Å². The van der Waals surface area contributed by atoms with Gasteiger partial charge in [-0.25, -0.2) is 12.8 Å². The summed E-state index contributed by atoms with van der Waals surface area (Å²) in [5.41, 5.74) is 0.0386. The Labute approximate surface area is 234 Å². The Morgan fingerprint density at radius 3 is 2.40 bits per heavy atom. The monoisotopic (exact) mass is 599 g/mol. The molecule has 0 aliphatic carbocycles. The number of carboxylic acids is 1. The van der Waals surface area contributed by atoms with Gasteiger partial charge in [-0.3, -0.25) is 9.10 Å². The van der Waals surface area contributed by atoms with Crippen molar-refractivity contribution in [1.82, 2.24) is 0 Å². The number of carbonyl (C=O) groups is 1. The van der Waals surface area contributed by atoms with Crippen LogP contribution in [0, 0.1) is 12.7 Å². The quantitative estimate of drug-likeness (QED) is 0.243. The zero-order valence-electron chi connectivity index (χ0n) is 21.7. The van der Waals surface area contributed by atoms with Crippen molar-refractivity contribution in [3.63, 3.8) is 0 Å². The molecule has 40 heavy (non-hydrogen) atoms. The number of hydrogen-bond donors (Lipinski definition) is 1. The molecule has 1 aliphatic rings. The van der Waals surface area contributed by atoms with Crippen LogP contribution in [-0.4, -0.2) is 32.6 Å². The van der Waals surface area contributed by atoms with Gasteiger partial charge in [0.2, 0.25) is 0 Å². The second-order valence-electron chi connectivity index (χ2n) is 8.75. The van der Waals surface area contributed by atoms with Crippen LogP contribution in [0.25, 0.3) is 11.6 Å². The smallest absolute Gasteiger partial charge is 0.416 e. The number of carboxylic acid groups (broad SMARTS) is 1. The van der Waals surface area contributed by atoms with E-state index in [-0.39, 0.29) is 47.2 Å². The summed E-state index contributed by atoms with van der Waals surface area (Å²) in [5, 5.41) is 7.95. The van der Waals surface area contributed by atoms with Crippen LogP contribution in [0.3, 0.4) is 0 Å². The minimum absolute atomic E-state index is 0.0310. The summed E-state index contributed by atoms with van der Waals surface area (Å²) in [6.07, 6.45) is -2.83. The Balaban J connectivity index is 0.000000810. The second-order valence-corrected chi connectivity index (χ2v) is 11.0. The van der Waals surface area contributed by atoms with Crippen molar-refractivity contribution in [2.24, 2.45) is 0 Å². The Hall–Kier alpha value is -3.57. The normalized spacial score (nSPS) is 13.6. The molecule has 0 amide bonds.